The van der Waals surface area contributed by atoms with Gasteiger partial charge in [-0.25, -0.2) is 0 Å². The van der Waals surface area contributed by atoms with Crippen molar-refractivity contribution >= 4 is 23.1 Å². The lowest BCUT2D eigenvalue weighted by atomic mass is 9.76. The Morgan fingerprint density at radius 1 is 1.07 bits per heavy atom. The highest BCUT2D eigenvalue weighted by Gasteiger charge is 2.47. The minimum atomic E-state index is -0.589. The summed E-state index contributed by atoms with van der Waals surface area (Å²) in [6, 6.07) is 11.8. The summed E-state index contributed by atoms with van der Waals surface area (Å²) in [5, 5.41) is 15.0. The van der Waals surface area contributed by atoms with Gasteiger partial charge in [0.2, 0.25) is 0 Å². The first-order valence-electron chi connectivity index (χ1n) is 9.95. The Balaban J connectivity index is 1.84. The van der Waals surface area contributed by atoms with E-state index in [-0.39, 0.29) is 11.7 Å². The van der Waals surface area contributed by atoms with Crippen molar-refractivity contribution in [1.29, 1.82) is 0 Å². The number of benzene rings is 2. The normalized spacial score (nSPS) is 24.7. The summed E-state index contributed by atoms with van der Waals surface area (Å²) in [4.78, 5) is 13.0. The van der Waals surface area contributed by atoms with Crippen LogP contribution in [-0.4, -0.2) is 16.6 Å². The zero-order chi connectivity index (χ0) is 20.1. The third kappa shape index (κ3) is 3.02. The van der Waals surface area contributed by atoms with E-state index >= 15 is 0 Å². The third-order valence-electron chi connectivity index (χ3n) is 6.48. The summed E-state index contributed by atoms with van der Waals surface area (Å²) in [5.41, 5.74) is 4.78. The highest BCUT2D eigenvalue weighted by molar-refractivity contribution is 6.30. The van der Waals surface area contributed by atoms with Gasteiger partial charge in [0.1, 0.15) is 5.76 Å². The second kappa shape index (κ2) is 6.97. The predicted octanol–water partition coefficient (Wildman–Crippen LogP) is 5.97. The summed E-state index contributed by atoms with van der Waals surface area (Å²) in [7, 11) is 0. The number of halogens is 1. The molecule has 0 saturated heterocycles. The molecule has 0 radical (unpaired) electrons. The maximum Gasteiger partial charge on any atom is 0.256 e. The Morgan fingerprint density at radius 3 is 2.36 bits per heavy atom. The molecule has 3 nitrogen and oxygen atoms in total. The van der Waals surface area contributed by atoms with Gasteiger partial charge in [0.15, 0.2) is 0 Å². The van der Waals surface area contributed by atoms with Crippen LogP contribution < -0.4 is 5.32 Å². The van der Waals surface area contributed by atoms with Gasteiger partial charge in [-0.3, -0.25) is 4.79 Å². The lowest BCUT2D eigenvalue weighted by molar-refractivity contribution is -0.116. The summed E-state index contributed by atoms with van der Waals surface area (Å²) in [6.45, 7) is 6.25. The topological polar surface area (TPSA) is 49.3 Å². The van der Waals surface area contributed by atoms with Crippen LogP contribution >= 0.6 is 11.6 Å². The highest BCUT2D eigenvalue weighted by Crippen LogP contribution is 2.44. The van der Waals surface area contributed by atoms with Crippen molar-refractivity contribution in [2.75, 3.05) is 0 Å². The fraction of sp³-hybridized carbons (Fsp3) is 0.375. The smallest absolute Gasteiger partial charge is 0.256 e. The number of aliphatic hydroxyl groups is 1. The summed E-state index contributed by atoms with van der Waals surface area (Å²) in [5.74, 6) is 0.700. The minimum absolute atomic E-state index is 0.161. The van der Waals surface area contributed by atoms with Crippen molar-refractivity contribution < 1.29 is 9.90 Å². The average Bonchev–Trinajstić information content (AvgIpc) is 2.90. The largest absolute Gasteiger partial charge is 0.509 e. The lowest BCUT2D eigenvalue weighted by Crippen LogP contribution is -2.47. The van der Waals surface area contributed by atoms with Crippen molar-refractivity contribution in [2.24, 2.45) is 5.92 Å². The molecule has 28 heavy (non-hydrogen) atoms. The molecule has 1 amide bonds. The number of aryl methyl sites for hydroxylation is 1. The lowest BCUT2D eigenvalue weighted by Gasteiger charge is -2.36. The number of carbonyl (C=O) groups is 1. The van der Waals surface area contributed by atoms with Gasteiger partial charge in [-0.15, -0.1) is 0 Å². The van der Waals surface area contributed by atoms with Crippen LogP contribution in [0.1, 0.15) is 49.3 Å². The van der Waals surface area contributed by atoms with E-state index in [0.29, 0.717) is 16.5 Å². The molecule has 0 aromatic heterocycles. The van der Waals surface area contributed by atoms with Gasteiger partial charge in [0, 0.05) is 5.02 Å². The van der Waals surface area contributed by atoms with Crippen molar-refractivity contribution in [3.8, 4) is 11.1 Å². The number of hydrogen-bond donors (Lipinski definition) is 2. The first-order valence-corrected chi connectivity index (χ1v) is 10.3. The Labute approximate surface area is 171 Å². The molecule has 0 atom stereocenters. The van der Waals surface area contributed by atoms with Crippen molar-refractivity contribution in [2.45, 2.75) is 52.0 Å². The SMILES string of the molecule is Cc1ccc(-c2ccc(Cl)cc2)c(C)c1C1=C(O)C2(CCC(C)CC2)NC1=O. The van der Waals surface area contributed by atoms with Gasteiger partial charge in [-0.1, -0.05) is 42.8 Å². The Bertz CT molecular complexity index is 967. The maximum atomic E-state index is 13.0. The summed E-state index contributed by atoms with van der Waals surface area (Å²) < 4.78 is 0. The van der Waals surface area contributed by atoms with Crippen LogP contribution in [-0.2, 0) is 4.79 Å². The predicted molar refractivity (Wildman–Crippen MR) is 114 cm³/mol. The maximum absolute atomic E-state index is 13.0. The molecule has 4 heteroatoms. The molecule has 146 valence electrons. The first kappa shape index (κ1) is 19.1. The Kier molecular flexibility index (Phi) is 4.75. The number of amides is 1. The van der Waals surface area contributed by atoms with E-state index in [0.717, 1.165) is 53.5 Å². The number of rotatable bonds is 2. The molecule has 1 aliphatic carbocycles. The number of carbonyl (C=O) groups excluding carboxylic acids is 1. The van der Waals surface area contributed by atoms with Crippen LogP contribution in [0.4, 0.5) is 0 Å². The fourth-order valence-corrected chi connectivity index (χ4v) is 4.83. The van der Waals surface area contributed by atoms with Gasteiger partial charge in [-0.2, -0.15) is 0 Å². The second-order valence-corrected chi connectivity index (χ2v) is 8.82. The van der Waals surface area contributed by atoms with Gasteiger partial charge in [-0.05, 0) is 85.4 Å². The molecular weight excluding hydrogens is 370 g/mol. The number of hydrogen-bond acceptors (Lipinski definition) is 2. The molecule has 0 bridgehead atoms. The molecule has 1 aliphatic heterocycles. The standard InChI is InChI=1S/C24H26ClNO2/c1-14-10-12-24(13-11-14)22(27)21(23(28)26-24)20-15(2)4-9-19(16(20)3)17-5-7-18(25)8-6-17/h4-9,14,27H,10-13H2,1-3H3,(H,26,28). The molecule has 2 aromatic rings. The first-order chi connectivity index (χ1) is 13.3. The van der Waals surface area contributed by atoms with E-state index < -0.39 is 5.54 Å². The molecule has 1 saturated carbocycles. The number of aliphatic hydroxyl groups excluding tert-OH is 1. The molecule has 2 aliphatic rings. The highest BCUT2D eigenvalue weighted by atomic mass is 35.5. The molecule has 1 spiro atoms. The van der Waals surface area contributed by atoms with E-state index in [2.05, 4.69) is 18.3 Å². The van der Waals surface area contributed by atoms with Crippen LogP contribution in [0.3, 0.4) is 0 Å². The van der Waals surface area contributed by atoms with Gasteiger partial charge < -0.3 is 10.4 Å². The minimum Gasteiger partial charge on any atom is -0.509 e. The van der Waals surface area contributed by atoms with Gasteiger partial charge in [0.05, 0.1) is 11.1 Å². The van der Waals surface area contributed by atoms with E-state index in [1.807, 2.05) is 44.2 Å². The van der Waals surface area contributed by atoms with E-state index in [9.17, 15) is 9.90 Å². The van der Waals surface area contributed by atoms with Crippen LogP contribution in [0.15, 0.2) is 42.2 Å². The molecule has 2 N–H and O–H groups in total. The van der Waals surface area contributed by atoms with Gasteiger partial charge in [0.25, 0.3) is 5.91 Å². The van der Waals surface area contributed by atoms with E-state index in [1.54, 1.807) is 0 Å². The summed E-state index contributed by atoms with van der Waals surface area (Å²) >= 11 is 6.04. The Morgan fingerprint density at radius 2 is 1.71 bits per heavy atom. The zero-order valence-electron chi connectivity index (χ0n) is 16.6. The zero-order valence-corrected chi connectivity index (χ0v) is 17.4. The molecule has 4 rings (SSSR count). The fourth-order valence-electron chi connectivity index (χ4n) is 4.71. The molecule has 0 unspecified atom stereocenters. The monoisotopic (exact) mass is 395 g/mol. The van der Waals surface area contributed by atoms with Crippen LogP contribution in [0.25, 0.3) is 16.7 Å². The van der Waals surface area contributed by atoms with Crippen LogP contribution in [0.5, 0.6) is 0 Å². The quantitative estimate of drug-likeness (QED) is 0.657. The number of nitrogens with one attached hydrogen (secondary N) is 1. The third-order valence-corrected chi connectivity index (χ3v) is 6.73. The van der Waals surface area contributed by atoms with Gasteiger partial charge >= 0.3 is 0 Å². The van der Waals surface area contributed by atoms with Crippen molar-refractivity contribution in [3.05, 3.63) is 63.9 Å². The molecule has 1 fully saturated rings. The van der Waals surface area contributed by atoms with E-state index in [4.69, 9.17) is 11.6 Å². The molecule has 2 aromatic carbocycles. The Hall–Kier alpha value is -2.26. The van der Waals surface area contributed by atoms with Crippen LogP contribution in [0, 0.1) is 19.8 Å². The average molecular weight is 396 g/mol. The van der Waals surface area contributed by atoms with Crippen molar-refractivity contribution in [1.82, 2.24) is 5.32 Å². The molecule has 1 heterocycles. The molecular formula is C24H26ClNO2. The second-order valence-electron chi connectivity index (χ2n) is 8.38. The van der Waals surface area contributed by atoms with E-state index in [1.165, 1.54) is 0 Å². The van der Waals surface area contributed by atoms with Crippen molar-refractivity contribution in [3.63, 3.8) is 0 Å². The summed E-state index contributed by atoms with van der Waals surface area (Å²) in [6.07, 6.45) is 3.62. The van der Waals surface area contributed by atoms with Crippen LogP contribution in [0.2, 0.25) is 5.02 Å².